The van der Waals surface area contributed by atoms with Gasteiger partial charge in [0.15, 0.2) is 0 Å². The van der Waals surface area contributed by atoms with E-state index >= 15 is 0 Å². The molecule has 3 N–H and O–H groups in total. The van der Waals surface area contributed by atoms with Crippen LogP contribution in [-0.4, -0.2) is 42.9 Å². The summed E-state index contributed by atoms with van der Waals surface area (Å²) in [6.45, 7) is 3.23. The van der Waals surface area contributed by atoms with Crippen LogP contribution >= 0.6 is 0 Å². The Morgan fingerprint density at radius 2 is 1.74 bits per heavy atom. The summed E-state index contributed by atoms with van der Waals surface area (Å²) in [5, 5.41) is 2.97. The Morgan fingerprint density at radius 3 is 2.44 bits per heavy atom. The molecule has 5 nitrogen and oxygen atoms in total. The molecule has 1 heterocycles. The lowest BCUT2D eigenvalue weighted by molar-refractivity contribution is -0.123. The van der Waals surface area contributed by atoms with E-state index in [9.17, 15) is 9.59 Å². The number of carbonyl (C=O) groups is 2. The molecule has 0 aliphatic carbocycles. The maximum Gasteiger partial charge on any atom is 0.251 e. The number of nitrogens with one attached hydrogen (secondary N) is 1. The van der Waals surface area contributed by atoms with Gasteiger partial charge in [-0.15, -0.1) is 0 Å². The maximum absolute atomic E-state index is 12.3. The van der Waals surface area contributed by atoms with Crippen molar-refractivity contribution in [1.82, 2.24) is 10.2 Å². The fourth-order valence-electron chi connectivity index (χ4n) is 3.54. The highest BCUT2D eigenvalue weighted by Gasteiger charge is 2.23. The van der Waals surface area contributed by atoms with Gasteiger partial charge in [0.05, 0.1) is 5.92 Å². The van der Waals surface area contributed by atoms with Crippen molar-refractivity contribution >= 4 is 11.8 Å². The summed E-state index contributed by atoms with van der Waals surface area (Å²) < 4.78 is 0. The van der Waals surface area contributed by atoms with E-state index in [1.165, 1.54) is 0 Å². The van der Waals surface area contributed by atoms with Crippen molar-refractivity contribution in [2.45, 2.75) is 19.3 Å². The Hall–Kier alpha value is -2.66. The van der Waals surface area contributed by atoms with Gasteiger partial charge < -0.3 is 16.0 Å². The molecule has 3 rings (SSSR count). The zero-order chi connectivity index (χ0) is 19.1. The zero-order valence-electron chi connectivity index (χ0n) is 15.6. The molecule has 27 heavy (non-hydrogen) atoms. The molecule has 1 fully saturated rings. The van der Waals surface area contributed by atoms with Gasteiger partial charge in [-0.25, -0.2) is 0 Å². The molecule has 1 aliphatic heterocycles. The third kappa shape index (κ3) is 5.41. The van der Waals surface area contributed by atoms with Gasteiger partial charge in [0.1, 0.15) is 0 Å². The maximum atomic E-state index is 12.3. The van der Waals surface area contributed by atoms with Crippen LogP contribution in [0.5, 0.6) is 0 Å². The Morgan fingerprint density at radius 1 is 1.04 bits per heavy atom. The highest BCUT2D eigenvalue weighted by atomic mass is 16.2. The van der Waals surface area contributed by atoms with Crippen molar-refractivity contribution in [1.29, 1.82) is 0 Å². The molecule has 142 valence electrons. The first kappa shape index (κ1) is 19.1. The van der Waals surface area contributed by atoms with Gasteiger partial charge in [-0.05, 0) is 55.6 Å². The highest BCUT2D eigenvalue weighted by molar-refractivity contribution is 5.94. The van der Waals surface area contributed by atoms with Gasteiger partial charge in [-0.2, -0.15) is 0 Å². The number of nitrogens with zero attached hydrogens (tertiary/aromatic N) is 1. The van der Waals surface area contributed by atoms with E-state index in [0.29, 0.717) is 12.1 Å². The summed E-state index contributed by atoms with van der Waals surface area (Å²) in [5.74, 6) is -0.285. The molecule has 2 aromatic rings. The van der Waals surface area contributed by atoms with Gasteiger partial charge in [0, 0.05) is 18.7 Å². The predicted molar refractivity (Wildman–Crippen MR) is 107 cm³/mol. The number of rotatable bonds is 7. The first-order valence-electron chi connectivity index (χ1n) is 9.59. The molecule has 0 aromatic heterocycles. The fourth-order valence-corrected chi connectivity index (χ4v) is 3.54. The topological polar surface area (TPSA) is 75.4 Å². The summed E-state index contributed by atoms with van der Waals surface area (Å²) in [6, 6.07) is 17.8. The summed E-state index contributed by atoms with van der Waals surface area (Å²) in [7, 11) is 0. The molecule has 1 aliphatic rings. The molecule has 2 amide bonds. The standard InChI is InChI=1S/C22H27N3O2/c23-21(26)20-8-4-14-25(16-20)15-5-13-24-22(27)19-11-9-18(10-12-19)17-6-2-1-3-7-17/h1-3,6-7,9-12,20H,4-5,8,13-16H2,(H2,23,26)(H,24,27). The molecule has 1 saturated heterocycles. The van der Waals surface area contributed by atoms with Crippen LogP contribution in [0, 0.1) is 5.92 Å². The quantitative estimate of drug-likeness (QED) is 0.741. The second kappa shape index (κ2) is 9.33. The number of amides is 2. The number of carbonyl (C=O) groups excluding carboxylic acids is 2. The second-order valence-corrected chi connectivity index (χ2v) is 7.09. The summed E-state index contributed by atoms with van der Waals surface area (Å²) >= 11 is 0. The van der Waals surface area contributed by atoms with Crippen molar-refractivity contribution in [3.63, 3.8) is 0 Å². The number of piperidine rings is 1. The lowest BCUT2D eigenvalue weighted by Gasteiger charge is -2.31. The van der Waals surface area contributed by atoms with Crippen LogP contribution < -0.4 is 11.1 Å². The number of hydrogen-bond acceptors (Lipinski definition) is 3. The highest BCUT2D eigenvalue weighted by Crippen LogP contribution is 2.19. The number of hydrogen-bond donors (Lipinski definition) is 2. The normalized spacial score (nSPS) is 17.4. The Bertz CT molecular complexity index is 759. The summed E-state index contributed by atoms with van der Waals surface area (Å²) in [5.41, 5.74) is 8.32. The molecule has 2 aromatic carbocycles. The van der Waals surface area contributed by atoms with Gasteiger partial charge in [-0.1, -0.05) is 42.5 Å². The van der Waals surface area contributed by atoms with Crippen LogP contribution in [0.15, 0.2) is 54.6 Å². The number of benzene rings is 2. The third-order valence-electron chi connectivity index (χ3n) is 5.10. The average Bonchev–Trinajstić information content (AvgIpc) is 2.72. The molecule has 0 saturated carbocycles. The van der Waals surface area contributed by atoms with Crippen molar-refractivity contribution in [3.05, 3.63) is 60.2 Å². The minimum absolute atomic E-state index is 0.0310. The number of primary amides is 1. The van der Waals surface area contributed by atoms with Crippen LogP contribution in [0.4, 0.5) is 0 Å². The molecule has 0 radical (unpaired) electrons. The summed E-state index contributed by atoms with van der Waals surface area (Å²) in [6.07, 6.45) is 2.76. The monoisotopic (exact) mass is 365 g/mol. The van der Waals surface area contributed by atoms with Gasteiger partial charge in [-0.3, -0.25) is 9.59 Å². The Kier molecular flexibility index (Phi) is 6.60. The van der Waals surface area contributed by atoms with Crippen LogP contribution in [0.2, 0.25) is 0 Å². The van der Waals surface area contributed by atoms with Crippen LogP contribution in [0.1, 0.15) is 29.6 Å². The van der Waals surface area contributed by atoms with E-state index in [4.69, 9.17) is 5.73 Å². The van der Waals surface area contributed by atoms with Crippen molar-refractivity contribution in [2.75, 3.05) is 26.2 Å². The molecular weight excluding hydrogens is 338 g/mol. The van der Waals surface area contributed by atoms with Crippen LogP contribution in [0.3, 0.4) is 0 Å². The largest absolute Gasteiger partial charge is 0.369 e. The number of nitrogens with two attached hydrogens (primary N) is 1. The molecular formula is C22H27N3O2. The first-order valence-corrected chi connectivity index (χ1v) is 9.59. The van der Waals surface area contributed by atoms with Crippen LogP contribution in [-0.2, 0) is 4.79 Å². The molecule has 0 bridgehead atoms. The average molecular weight is 365 g/mol. The SMILES string of the molecule is NC(=O)C1CCCN(CCCNC(=O)c2ccc(-c3ccccc3)cc2)C1. The Labute approximate surface area is 160 Å². The Balaban J connectivity index is 1.42. The van der Waals surface area contributed by atoms with E-state index < -0.39 is 0 Å². The summed E-state index contributed by atoms with van der Waals surface area (Å²) in [4.78, 5) is 25.9. The third-order valence-corrected chi connectivity index (χ3v) is 5.10. The van der Waals surface area contributed by atoms with E-state index in [2.05, 4.69) is 22.3 Å². The van der Waals surface area contributed by atoms with E-state index in [1.807, 2.05) is 42.5 Å². The molecule has 1 unspecified atom stereocenters. The van der Waals surface area contributed by atoms with E-state index in [-0.39, 0.29) is 17.7 Å². The minimum Gasteiger partial charge on any atom is -0.369 e. The molecule has 0 spiro atoms. The smallest absolute Gasteiger partial charge is 0.251 e. The number of likely N-dealkylation sites (tertiary alicyclic amines) is 1. The minimum atomic E-state index is -0.202. The van der Waals surface area contributed by atoms with Crippen LogP contribution in [0.25, 0.3) is 11.1 Å². The van der Waals surface area contributed by atoms with Crippen molar-refractivity contribution in [2.24, 2.45) is 11.7 Å². The second-order valence-electron chi connectivity index (χ2n) is 7.09. The van der Waals surface area contributed by atoms with Crippen molar-refractivity contribution < 1.29 is 9.59 Å². The first-order chi connectivity index (χ1) is 13.1. The van der Waals surface area contributed by atoms with E-state index in [1.54, 1.807) is 0 Å². The zero-order valence-corrected chi connectivity index (χ0v) is 15.6. The lowest BCUT2D eigenvalue weighted by atomic mass is 9.97. The predicted octanol–water partition coefficient (Wildman–Crippen LogP) is 2.67. The molecule has 1 atom stereocenters. The lowest BCUT2D eigenvalue weighted by Crippen LogP contribution is -2.42. The van der Waals surface area contributed by atoms with Gasteiger partial charge in [0.25, 0.3) is 5.91 Å². The van der Waals surface area contributed by atoms with Gasteiger partial charge >= 0.3 is 0 Å². The molecule has 5 heteroatoms. The van der Waals surface area contributed by atoms with E-state index in [0.717, 1.165) is 50.0 Å². The fraction of sp³-hybridized carbons (Fsp3) is 0.364. The van der Waals surface area contributed by atoms with Gasteiger partial charge in [0.2, 0.25) is 5.91 Å². The van der Waals surface area contributed by atoms with Crippen molar-refractivity contribution in [3.8, 4) is 11.1 Å².